The summed E-state index contributed by atoms with van der Waals surface area (Å²) in [5, 5.41) is 0. The fourth-order valence-electron chi connectivity index (χ4n) is 3.69. The van der Waals surface area contributed by atoms with E-state index in [-0.39, 0.29) is 17.9 Å². The maximum Gasteiger partial charge on any atom is 0.242 e. The number of carbonyl (C=O) groups is 2. The van der Waals surface area contributed by atoms with Crippen molar-refractivity contribution in [3.63, 3.8) is 0 Å². The van der Waals surface area contributed by atoms with Gasteiger partial charge in [0.2, 0.25) is 11.8 Å². The van der Waals surface area contributed by atoms with E-state index in [1.165, 1.54) is 0 Å². The first-order valence-corrected chi connectivity index (χ1v) is 10.1. The van der Waals surface area contributed by atoms with Gasteiger partial charge in [0.05, 0.1) is 0 Å². The van der Waals surface area contributed by atoms with Crippen LogP contribution in [0, 0.1) is 12.3 Å². The topological polar surface area (TPSA) is 40.6 Å². The number of benzene rings is 2. The zero-order chi connectivity index (χ0) is 20.3. The SMILES string of the molecule is CCN(C(=O)C1(C(=O)N(Cc2ccccc2)C(C)C)CC1)c1cccc(C)c1. The highest BCUT2D eigenvalue weighted by Crippen LogP contribution is 2.50. The van der Waals surface area contributed by atoms with Crippen LogP contribution >= 0.6 is 0 Å². The van der Waals surface area contributed by atoms with Crippen molar-refractivity contribution in [3.8, 4) is 0 Å². The molecule has 28 heavy (non-hydrogen) atoms. The minimum atomic E-state index is -0.904. The average Bonchev–Trinajstić information content (AvgIpc) is 3.49. The third-order valence-electron chi connectivity index (χ3n) is 5.52. The lowest BCUT2D eigenvalue weighted by Crippen LogP contribution is -2.49. The summed E-state index contributed by atoms with van der Waals surface area (Å²) in [6, 6.07) is 17.9. The van der Waals surface area contributed by atoms with Gasteiger partial charge in [-0.1, -0.05) is 42.5 Å². The summed E-state index contributed by atoms with van der Waals surface area (Å²) in [5.41, 5.74) is 2.15. The zero-order valence-electron chi connectivity index (χ0n) is 17.3. The molecule has 3 rings (SSSR count). The summed E-state index contributed by atoms with van der Waals surface area (Å²) >= 11 is 0. The van der Waals surface area contributed by atoms with Crippen molar-refractivity contribution in [2.45, 2.75) is 53.1 Å². The molecule has 0 N–H and O–H groups in total. The quantitative estimate of drug-likeness (QED) is 0.663. The van der Waals surface area contributed by atoms with Gasteiger partial charge in [0, 0.05) is 24.8 Å². The largest absolute Gasteiger partial charge is 0.335 e. The first-order valence-electron chi connectivity index (χ1n) is 10.1. The van der Waals surface area contributed by atoms with E-state index in [9.17, 15) is 9.59 Å². The van der Waals surface area contributed by atoms with Crippen LogP contribution in [0.5, 0.6) is 0 Å². The van der Waals surface area contributed by atoms with Crippen molar-refractivity contribution < 1.29 is 9.59 Å². The molecular formula is C24H30N2O2. The molecule has 1 fully saturated rings. The van der Waals surface area contributed by atoms with Crippen molar-refractivity contribution in [1.29, 1.82) is 0 Å². The molecular weight excluding hydrogens is 348 g/mol. The molecule has 0 aromatic heterocycles. The fraction of sp³-hybridized carbons (Fsp3) is 0.417. The maximum absolute atomic E-state index is 13.5. The third kappa shape index (κ3) is 3.96. The molecule has 0 saturated heterocycles. The average molecular weight is 379 g/mol. The van der Waals surface area contributed by atoms with Crippen LogP contribution in [-0.4, -0.2) is 29.3 Å². The van der Waals surface area contributed by atoms with Gasteiger partial charge in [0.1, 0.15) is 5.41 Å². The van der Waals surface area contributed by atoms with E-state index < -0.39 is 5.41 Å². The second kappa shape index (κ2) is 8.17. The van der Waals surface area contributed by atoms with E-state index >= 15 is 0 Å². The van der Waals surface area contributed by atoms with Crippen LogP contribution in [0.3, 0.4) is 0 Å². The summed E-state index contributed by atoms with van der Waals surface area (Å²) in [7, 11) is 0. The monoisotopic (exact) mass is 378 g/mol. The molecule has 0 unspecified atom stereocenters. The molecule has 0 atom stereocenters. The first-order chi connectivity index (χ1) is 13.4. The Morgan fingerprint density at radius 2 is 1.68 bits per heavy atom. The Morgan fingerprint density at radius 3 is 2.21 bits per heavy atom. The van der Waals surface area contributed by atoms with Crippen molar-refractivity contribution in [3.05, 3.63) is 65.7 Å². The lowest BCUT2D eigenvalue weighted by atomic mass is 10.0. The van der Waals surface area contributed by atoms with Crippen molar-refractivity contribution in [1.82, 2.24) is 4.90 Å². The number of hydrogen-bond acceptors (Lipinski definition) is 2. The van der Waals surface area contributed by atoms with Crippen molar-refractivity contribution in [2.75, 3.05) is 11.4 Å². The second-order valence-electron chi connectivity index (χ2n) is 7.98. The van der Waals surface area contributed by atoms with Gasteiger partial charge in [-0.15, -0.1) is 0 Å². The van der Waals surface area contributed by atoms with Gasteiger partial charge >= 0.3 is 0 Å². The van der Waals surface area contributed by atoms with Gasteiger partial charge in [0.15, 0.2) is 0 Å². The van der Waals surface area contributed by atoms with Crippen LogP contribution in [0.1, 0.15) is 44.7 Å². The number of aryl methyl sites for hydroxylation is 1. The van der Waals surface area contributed by atoms with Gasteiger partial charge in [-0.2, -0.15) is 0 Å². The van der Waals surface area contributed by atoms with Crippen LogP contribution in [0.15, 0.2) is 54.6 Å². The number of nitrogens with zero attached hydrogens (tertiary/aromatic N) is 2. The van der Waals surface area contributed by atoms with E-state index in [1.54, 1.807) is 4.90 Å². The molecule has 4 nitrogen and oxygen atoms in total. The molecule has 1 aliphatic rings. The molecule has 0 radical (unpaired) electrons. The summed E-state index contributed by atoms with van der Waals surface area (Å²) in [6.45, 7) is 9.09. The van der Waals surface area contributed by atoms with E-state index in [0.717, 1.165) is 16.8 Å². The molecule has 0 spiro atoms. The maximum atomic E-state index is 13.5. The highest BCUT2D eigenvalue weighted by atomic mass is 16.2. The molecule has 148 valence electrons. The highest BCUT2D eigenvalue weighted by molar-refractivity contribution is 6.14. The standard InChI is InChI=1S/C24H30N2O2/c1-5-25(21-13-9-10-19(4)16-21)22(27)24(14-15-24)23(28)26(18(2)3)17-20-11-7-6-8-12-20/h6-13,16,18H,5,14-15,17H2,1-4H3. The number of amides is 2. The number of hydrogen-bond donors (Lipinski definition) is 0. The van der Waals surface area contributed by atoms with Crippen molar-refractivity contribution >= 4 is 17.5 Å². The normalized spacial score (nSPS) is 14.6. The van der Waals surface area contributed by atoms with Crippen molar-refractivity contribution in [2.24, 2.45) is 5.41 Å². The summed E-state index contributed by atoms with van der Waals surface area (Å²) in [4.78, 5) is 30.6. The van der Waals surface area contributed by atoms with Crippen LogP contribution in [-0.2, 0) is 16.1 Å². The zero-order valence-corrected chi connectivity index (χ0v) is 17.3. The predicted octanol–water partition coefficient (Wildman–Crippen LogP) is 4.57. The Labute approximate surface area is 168 Å². The van der Waals surface area contributed by atoms with Crippen LogP contribution in [0.2, 0.25) is 0 Å². The van der Waals surface area contributed by atoms with Crippen LogP contribution in [0.25, 0.3) is 0 Å². The number of anilines is 1. The molecule has 1 aliphatic carbocycles. The van der Waals surface area contributed by atoms with Gasteiger partial charge < -0.3 is 9.80 Å². The van der Waals surface area contributed by atoms with Crippen LogP contribution in [0.4, 0.5) is 5.69 Å². The van der Waals surface area contributed by atoms with E-state index in [4.69, 9.17) is 0 Å². The van der Waals surface area contributed by atoms with Gasteiger partial charge in [0.25, 0.3) is 0 Å². The minimum absolute atomic E-state index is 0.0343. The second-order valence-corrected chi connectivity index (χ2v) is 7.98. The van der Waals surface area contributed by atoms with Crippen LogP contribution < -0.4 is 4.90 Å². The van der Waals surface area contributed by atoms with Gasteiger partial charge in [-0.25, -0.2) is 0 Å². The fourth-order valence-corrected chi connectivity index (χ4v) is 3.69. The third-order valence-corrected chi connectivity index (χ3v) is 5.52. The molecule has 0 heterocycles. The van der Waals surface area contributed by atoms with E-state index in [0.29, 0.717) is 25.9 Å². The summed E-state index contributed by atoms with van der Waals surface area (Å²) in [5.74, 6) is -0.105. The summed E-state index contributed by atoms with van der Waals surface area (Å²) in [6.07, 6.45) is 1.26. The highest BCUT2D eigenvalue weighted by Gasteiger charge is 2.59. The Bertz CT molecular complexity index is 841. The lowest BCUT2D eigenvalue weighted by Gasteiger charge is -2.33. The molecule has 0 bridgehead atoms. The van der Waals surface area contributed by atoms with Gasteiger partial charge in [-0.3, -0.25) is 9.59 Å². The smallest absolute Gasteiger partial charge is 0.242 e. The lowest BCUT2D eigenvalue weighted by molar-refractivity contribution is -0.145. The Morgan fingerprint density at radius 1 is 1.00 bits per heavy atom. The molecule has 4 heteroatoms. The molecule has 2 amide bonds. The first kappa shape index (κ1) is 20.1. The summed E-state index contributed by atoms with van der Waals surface area (Å²) < 4.78 is 0. The minimum Gasteiger partial charge on any atom is -0.335 e. The van der Waals surface area contributed by atoms with E-state index in [1.807, 2.05) is 87.2 Å². The molecule has 2 aromatic carbocycles. The number of carbonyl (C=O) groups excluding carboxylic acids is 2. The Hall–Kier alpha value is -2.62. The Kier molecular flexibility index (Phi) is 5.87. The van der Waals surface area contributed by atoms with E-state index in [2.05, 4.69) is 0 Å². The Balaban J connectivity index is 1.85. The van der Waals surface area contributed by atoms with Gasteiger partial charge in [-0.05, 0) is 63.8 Å². The number of rotatable bonds is 7. The molecule has 2 aromatic rings. The predicted molar refractivity (Wildman–Crippen MR) is 113 cm³/mol. The molecule has 1 saturated carbocycles. The molecule has 0 aliphatic heterocycles.